The van der Waals surface area contributed by atoms with Crippen LogP contribution in [0.3, 0.4) is 0 Å². The first-order chi connectivity index (χ1) is 7.45. The summed E-state index contributed by atoms with van der Waals surface area (Å²) in [5, 5.41) is 0. The largest absolute Gasteiger partial charge is 0.381 e. The molecule has 0 spiro atoms. The van der Waals surface area contributed by atoms with Gasteiger partial charge in [-0.05, 0) is 19.4 Å². The molecule has 2 rings (SSSR count). The van der Waals surface area contributed by atoms with Crippen LogP contribution in [0.5, 0.6) is 0 Å². The zero-order chi connectivity index (χ0) is 11.8. The molecule has 0 unspecified atom stereocenters. The van der Waals surface area contributed by atoms with Gasteiger partial charge < -0.3 is 4.74 Å². The maximum absolute atomic E-state index is 5.19. The zero-order valence-electron chi connectivity index (χ0n) is 10.6. The van der Waals surface area contributed by atoms with Crippen LogP contribution in [0.4, 0.5) is 0 Å². The van der Waals surface area contributed by atoms with E-state index in [4.69, 9.17) is 4.74 Å². The van der Waals surface area contributed by atoms with Gasteiger partial charge in [0.05, 0.1) is 13.2 Å². The van der Waals surface area contributed by atoms with E-state index in [0.717, 1.165) is 36.8 Å². The van der Waals surface area contributed by atoms with Gasteiger partial charge in [-0.25, -0.2) is 9.97 Å². The summed E-state index contributed by atoms with van der Waals surface area (Å²) < 4.78 is 5.19. The Hall–Kier alpha value is -0.960. The van der Waals surface area contributed by atoms with Gasteiger partial charge in [0.2, 0.25) is 0 Å². The van der Waals surface area contributed by atoms with Gasteiger partial charge in [-0.2, -0.15) is 0 Å². The second kappa shape index (κ2) is 4.13. The fraction of sp³-hybridized carbons (Fsp3) is 0.692. The van der Waals surface area contributed by atoms with Gasteiger partial charge in [0.1, 0.15) is 5.82 Å². The standard InChI is InChI=1S/C13H20N2O/c1-9-14-11(5-10-7-16-8-10)6-12(15-9)13(2,3)4/h6,10H,5,7-8H2,1-4H3. The number of hydrogen-bond acceptors (Lipinski definition) is 3. The van der Waals surface area contributed by atoms with Crippen molar-refractivity contribution in [2.45, 2.75) is 39.5 Å². The molecule has 1 aliphatic heterocycles. The average Bonchev–Trinajstić information content (AvgIpc) is 2.09. The van der Waals surface area contributed by atoms with Crippen LogP contribution in [-0.4, -0.2) is 23.2 Å². The third-order valence-corrected chi connectivity index (χ3v) is 2.86. The summed E-state index contributed by atoms with van der Waals surface area (Å²) in [6.45, 7) is 10.3. The van der Waals surface area contributed by atoms with Crippen molar-refractivity contribution in [2.75, 3.05) is 13.2 Å². The van der Waals surface area contributed by atoms with Crippen LogP contribution in [0.1, 0.15) is 38.0 Å². The van der Waals surface area contributed by atoms with E-state index in [0.29, 0.717) is 5.92 Å². The molecular weight excluding hydrogens is 200 g/mol. The highest BCUT2D eigenvalue weighted by atomic mass is 16.5. The molecule has 1 aromatic rings. The van der Waals surface area contributed by atoms with Gasteiger partial charge in [0.25, 0.3) is 0 Å². The highest BCUT2D eigenvalue weighted by Crippen LogP contribution is 2.22. The molecule has 0 radical (unpaired) electrons. The Labute approximate surface area is 97.3 Å². The molecule has 3 nitrogen and oxygen atoms in total. The highest BCUT2D eigenvalue weighted by molar-refractivity contribution is 5.18. The monoisotopic (exact) mass is 220 g/mol. The Morgan fingerprint density at radius 3 is 2.50 bits per heavy atom. The summed E-state index contributed by atoms with van der Waals surface area (Å²) >= 11 is 0. The molecule has 1 aromatic heterocycles. The van der Waals surface area contributed by atoms with Crippen molar-refractivity contribution in [3.05, 3.63) is 23.3 Å². The summed E-state index contributed by atoms with van der Waals surface area (Å²) in [7, 11) is 0. The van der Waals surface area contributed by atoms with E-state index in [2.05, 4.69) is 36.8 Å². The van der Waals surface area contributed by atoms with Crippen LogP contribution in [0, 0.1) is 12.8 Å². The molecule has 2 heterocycles. The van der Waals surface area contributed by atoms with E-state index in [1.807, 2.05) is 6.92 Å². The molecule has 0 amide bonds. The number of nitrogens with zero attached hydrogens (tertiary/aromatic N) is 2. The molecule has 1 saturated heterocycles. The minimum atomic E-state index is 0.0958. The number of aromatic nitrogens is 2. The Balaban J connectivity index is 2.21. The molecule has 3 heteroatoms. The lowest BCUT2D eigenvalue weighted by atomic mass is 9.90. The van der Waals surface area contributed by atoms with Crippen molar-refractivity contribution in [1.82, 2.24) is 9.97 Å². The van der Waals surface area contributed by atoms with Gasteiger partial charge in [-0.1, -0.05) is 20.8 Å². The molecule has 0 N–H and O–H groups in total. The third-order valence-electron chi connectivity index (χ3n) is 2.86. The summed E-state index contributed by atoms with van der Waals surface area (Å²) in [5.41, 5.74) is 2.39. The normalized spacial score (nSPS) is 17.2. The smallest absolute Gasteiger partial charge is 0.125 e. The number of rotatable bonds is 2. The molecule has 1 aliphatic rings. The summed E-state index contributed by atoms with van der Waals surface area (Å²) in [5.74, 6) is 1.53. The van der Waals surface area contributed by atoms with E-state index in [-0.39, 0.29) is 5.41 Å². The van der Waals surface area contributed by atoms with Crippen LogP contribution in [-0.2, 0) is 16.6 Å². The lowest BCUT2D eigenvalue weighted by Crippen LogP contribution is -2.30. The molecule has 0 aliphatic carbocycles. The van der Waals surface area contributed by atoms with E-state index in [1.165, 1.54) is 0 Å². The Kier molecular flexibility index (Phi) is 2.98. The average molecular weight is 220 g/mol. The third kappa shape index (κ3) is 2.59. The van der Waals surface area contributed by atoms with Crippen LogP contribution in [0.15, 0.2) is 6.07 Å². The van der Waals surface area contributed by atoms with Crippen molar-refractivity contribution >= 4 is 0 Å². The van der Waals surface area contributed by atoms with Crippen molar-refractivity contribution < 1.29 is 4.74 Å². The Bertz CT molecular complexity index is 378. The minimum absolute atomic E-state index is 0.0958. The molecule has 0 saturated carbocycles. The van der Waals surface area contributed by atoms with Crippen LogP contribution in [0.25, 0.3) is 0 Å². The van der Waals surface area contributed by atoms with Gasteiger partial charge in [0, 0.05) is 22.7 Å². The second-order valence-electron chi connectivity index (χ2n) is 5.65. The molecule has 88 valence electrons. The molecule has 0 aromatic carbocycles. The lowest BCUT2D eigenvalue weighted by Gasteiger charge is -2.26. The Morgan fingerprint density at radius 1 is 1.31 bits per heavy atom. The van der Waals surface area contributed by atoms with Gasteiger partial charge in [-0.15, -0.1) is 0 Å². The van der Waals surface area contributed by atoms with Gasteiger partial charge in [0.15, 0.2) is 0 Å². The van der Waals surface area contributed by atoms with E-state index in [1.54, 1.807) is 0 Å². The number of hydrogen-bond donors (Lipinski definition) is 0. The quantitative estimate of drug-likeness (QED) is 0.767. The minimum Gasteiger partial charge on any atom is -0.381 e. The maximum atomic E-state index is 5.19. The first-order valence-corrected chi connectivity index (χ1v) is 5.88. The van der Waals surface area contributed by atoms with Crippen LogP contribution >= 0.6 is 0 Å². The predicted octanol–water partition coefficient (Wildman–Crippen LogP) is 2.27. The van der Waals surface area contributed by atoms with E-state index in [9.17, 15) is 0 Å². The van der Waals surface area contributed by atoms with Gasteiger partial charge >= 0.3 is 0 Å². The maximum Gasteiger partial charge on any atom is 0.125 e. The van der Waals surface area contributed by atoms with Crippen molar-refractivity contribution in [1.29, 1.82) is 0 Å². The summed E-state index contributed by atoms with van der Waals surface area (Å²) in [4.78, 5) is 9.02. The van der Waals surface area contributed by atoms with Crippen LogP contribution in [0.2, 0.25) is 0 Å². The fourth-order valence-electron chi connectivity index (χ4n) is 1.82. The molecule has 1 fully saturated rings. The number of aryl methyl sites for hydroxylation is 1. The molecule has 0 bridgehead atoms. The topological polar surface area (TPSA) is 35.0 Å². The SMILES string of the molecule is Cc1nc(CC2COC2)cc(C(C)(C)C)n1. The highest BCUT2D eigenvalue weighted by Gasteiger charge is 2.22. The fourth-order valence-corrected chi connectivity index (χ4v) is 1.82. The van der Waals surface area contributed by atoms with E-state index >= 15 is 0 Å². The Morgan fingerprint density at radius 2 is 2.00 bits per heavy atom. The van der Waals surface area contributed by atoms with Crippen molar-refractivity contribution in [2.24, 2.45) is 5.92 Å². The van der Waals surface area contributed by atoms with Crippen molar-refractivity contribution in [3.8, 4) is 0 Å². The summed E-state index contributed by atoms with van der Waals surface area (Å²) in [6.07, 6.45) is 1.02. The van der Waals surface area contributed by atoms with E-state index < -0.39 is 0 Å². The molecular formula is C13H20N2O. The molecule has 0 atom stereocenters. The van der Waals surface area contributed by atoms with Crippen molar-refractivity contribution in [3.63, 3.8) is 0 Å². The lowest BCUT2D eigenvalue weighted by molar-refractivity contribution is -0.0316. The second-order valence-corrected chi connectivity index (χ2v) is 5.65. The first kappa shape index (κ1) is 11.5. The summed E-state index contributed by atoms with van der Waals surface area (Å²) in [6, 6.07) is 2.14. The van der Waals surface area contributed by atoms with Crippen LogP contribution < -0.4 is 0 Å². The predicted molar refractivity (Wildman–Crippen MR) is 63.5 cm³/mol. The number of ether oxygens (including phenoxy) is 1. The zero-order valence-corrected chi connectivity index (χ0v) is 10.6. The van der Waals surface area contributed by atoms with Gasteiger partial charge in [-0.3, -0.25) is 0 Å². The molecule has 16 heavy (non-hydrogen) atoms. The first-order valence-electron chi connectivity index (χ1n) is 5.88.